The molecule has 0 fully saturated rings. The first-order chi connectivity index (χ1) is 15.0. The Morgan fingerprint density at radius 1 is 1.00 bits per heavy atom. The molecule has 0 aliphatic heterocycles. The Morgan fingerprint density at radius 3 is 2.61 bits per heavy atom. The SMILES string of the molecule is Cc1cc(C(=O)O)ccc1NCc1c(OCc2cccc(Cl)c2)ccc2ccccc12. The van der Waals surface area contributed by atoms with Crippen LogP contribution in [0.1, 0.15) is 27.0 Å². The number of anilines is 1. The van der Waals surface area contributed by atoms with Crippen LogP contribution in [0.5, 0.6) is 5.75 Å². The molecule has 0 radical (unpaired) electrons. The van der Waals surface area contributed by atoms with Gasteiger partial charge in [-0.05, 0) is 65.2 Å². The van der Waals surface area contributed by atoms with Crippen molar-refractivity contribution in [2.24, 2.45) is 0 Å². The second kappa shape index (κ2) is 9.11. The van der Waals surface area contributed by atoms with E-state index in [0.29, 0.717) is 18.2 Å². The van der Waals surface area contributed by atoms with Crippen LogP contribution in [0.2, 0.25) is 5.02 Å². The molecule has 0 saturated carbocycles. The van der Waals surface area contributed by atoms with E-state index in [9.17, 15) is 9.90 Å². The molecule has 0 amide bonds. The minimum Gasteiger partial charge on any atom is -0.489 e. The molecular weight excluding hydrogens is 410 g/mol. The third-order valence-corrected chi connectivity index (χ3v) is 5.45. The molecule has 4 aromatic carbocycles. The van der Waals surface area contributed by atoms with Gasteiger partial charge in [0.25, 0.3) is 0 Å². The van der Waals surface area contributed by atoms with Gasteiger partial charge in [-0.25, -0.2) is 4.79 Å². The molecule has 0 unspecified atom stereocenters. The minimum atomic E-state index is -0.930. The quantitative estimate of drug-likeness (QED) is 0.342. The largest absolute Gasteiger partial charge is 0.489 e. The number of aryl methyl sites for hydroxylation is 1. The Balaban J connectivity index is 1.62. The minimum absolute atomic E-state index is 0.277. The third-order valence-electron chi connectivity index (χ3n) is 5.21. The lowest BCUT2D eigenvalue weighted by Gasteiger charge is -2.17. The van der Waals surface area contributed by atoms with Crippen LogP contribution in [0.25, 0.3) is 10.8 Å². The standard InChI is InChI=1S/C26H22ClNO3/c1-17-13-20(26(29)30)9-11-24(17)28-15-23-22-8-3-2-6-19(22)10-12-25(23)31-16-18-5-4-7-21(27)14-18/h2-14,28H,15-16H2,1H3,(H,29,30). The highest BCUT2D eigenvalue weighted by Crippen LogP contribution is 2.30. The maximum atomic E-state index is 11.2. The van der Waals surface area contributed by atoms with Crippen LogP contribution in [-0.4, -0.2) is 11.1 Å². The van der Waals surface area contributed by atoms with Crippen LogP contribution in [0.3, 0.4) is 0 Å². The summed E-state index contributed by atoms with van der Waals surface area (Å²) in [5, 5.41) is 15.6. The van der Waals surface area contributed by atoms with Gasteiger partial charge >= 0.3 is 5.97 Å². The highest BCUT2D eigenvalue weighted by molar-refractivity contribution is 6.30. The number of halogens is 1. The number of ether oxygens (including phenoxy) is 1. The summed E-state index contributed by atoms with van der Waals surface area (Å²) in [6, 6.07) is 24.9. The van der Waals surface area contributed by atoms with Gasteiger partial charge < -0.3 is 15.2 Å². The molecule has 0 aliphatic carbocycles. The van der Waals surface area contributed by atoms with Crippen molar-refractivity contribution in [3.63, 3.8) is 0 Å². The topological polar surface area (TPSA) is 58.6 Å². The maximum Gasteiger partial charge on any atom is 0.335 e. The molecule has 0 spiro atoms. The van der Waals surface area contributed by atoms with E-state index in [2.05, 4.69) is 23.5 Å². The Bertz CT molecular complexity index is 1250. The number of fused-ring (bicyclic) bond motifs is 1. The van der Waals surface area contributed by atoms with Crippen LogP contribution < -0.4 is 10.1 Å². The number of hydrogen-bond acceptors (Lipinski definition) is 3. The van der Waals surface area contributed by atoms with Crippen LogP contribution in [0.4, 0.5) is 5.69 Å². The van der Waals surface area contributed by atoms with Crippen molar-refractivity contribution in [3.8, 4) is 5.75 Å². The molecule has 0 aliphatic rings. The summed E-state index contributed by atoms with van der Waals surface area (Å²) in [5.74, 6) is -0.133. The van der Waals surface area contributed by atoms with E-state index >= 15 is 0 Å². The van der Waals surface area contributed by atoms with Gasteiger partial charge in [0, 0.05) is 22.8 Å². The summed E-state index contributed by atoms with van der Waals surface area (Å²) in [6.07, 6.45) is 0. The van der Waals surface area contributed by atoms with Crippen molar-refractivity contribution in [2.45, 2.75) is 20.1 Å². The number of carboxylic acids is 1. The summed E-state index contributed by atoms with van der Waals surface area (Å²) in [4.78, 5) is 11.2. The lowest BCUT2D eigenvalue weighted by atomic mass is 10.0. The second-order valence-electron chi connectivity index (χ2n) is 7.37. The number of benzene rings is 4. The van der Waals surface area contributed by atoms with E-state index in [4.69, 9.17) is 16.3 Å². The van der Waals surface area contributed by atoms with Crippen molar-refractivity contribution >= 4 is 34.0 Å². The monoisotopic (exact) mass is 431 g/mol. The number of nitrogens with one attached hydrogen (secondary N) is 1. The van der Waals surface area contributed by atoms with Crippen LogP contribution in [-0.2, 0) is 13.2 Å². The molecule has 4 nitrogen and oxygen atoms in total. The molecule has 4 aromatic rings. The van der Waals surface area contributed by atoms with Crippen LogP contribution in [0, 0.1) is 6.92 Å². The fourth-order valence-corrected chi connectivity index (χ4v) is 3.81. The van der Waals surface area contributed by atoms with Gasteiger partial charge in [-0.1, -0.05) is 54.1 Å². The number of hydrogen-bond donors (Lipinski definition) is 2. The predicted molar refractivity (Wildman–Crippen MR) is 125 cm³/mol. The van der Waals surface area contributed by atoms with E-state index < -0.39 is 5.97 Å². The number of carboxylic acid groups (broad SMARTS) is 1. The van der Waals surface area contributed by atoms with E-state index in [1.54, 1.807) is 18.2 Å². The molecule has 2 N–H and O–H groups in total. The second-order valence-corrected chi connectivity index (χ2v) is 7.81. The van der Waals surface area contributed by atoms with Crippen molar-refractivity contribution in [3.05, 3.63) is 106 Å². The van der Waals surface area contributed by atoms with Crippen molar-refractivity contribution in [2.75, 3.05) is 5.32 Å². The molecule has 0 saturated heterocycles. The van der Waals surface area contributed by atoms with Gasteiger partial charge in [-0.3, -0.25) is 0 Å². The Kier molecular flexibility index (Phi) is 6.10. The van der Waals surface area contributed by atoms with Gasteiger partial charge in [0.15, 0.2) is 0 Å². The molecule has 0 aromatic heterocycles. The van der Waals surface area contributed by atoms with Crippen LogP contribution >= 0.6 is 11.6 Å². The smallest absolute Gasteiger partial charge is 0.335 e. The van der Waals surface area contributed by atoms with Gasteiger partial charge in [0.05, 0.1) is 5.56 Å². The Hall–Kier alpha value is -3.50. The van der Waals surface area contributed by atoms with Crippen molar-refractivity contribution in [1.29, 1.82) is 0 Å². The molecule has 156 valence electrons. The average Bonchev–Trinajstić information content (AvgIpc) is 2.77. The number of carbonyl (C=O) groups is 1. The molecule has 0 heterocycles. The maximum absolute atomic E-state index is 11.2. The zero-order chi connectivity index (χ0) is 21.8. The summed E-state index contributed by atoms with van der Waals surface area (Å²) < 4.78 is 6.18. The van der Waals surface area contributed by atoms with Crippen molar-refractivity contribution < 1.29 is 14.6 Å². The molecule has 0 atom stereocenters. The zero-order valence-corrected chi connectivity index (χ0v) is 17.8. The fourth-order valence-electron chi connectivity index (χ4n) is 3.60. The summed E-state index contributed by atoms with van der Waals surface area (Å²) in [6.45, 7) is 2.85. The average molecular weight is 432 g/mol. The first kappa shape index (κ1) is 20.8. The summed E-state index contributed by atoms with van der Waals surface area (Å²) >= 11 is 6.10. The lowest BCUT2D eigenvalue weighted by Crippen LogP contribution is -2.06. The van der Waals surface area contributed by atoms with Gasteiger partial charge in [0.2, 0.25) is 0 Å². The van der Waals surface area contributed by atoms with E-state index in [0.717, 1.165) is 38.9 Å². The third kappa shape index (κ3) is 4.81. The van der Waals surface area contributed by atoms with Gasteiger partial charge in [0.1, 0.15) is 12.4 Å². The van der Waals surface area contributed by atoms with Crippen LogP contribution in [0.15, 0.2) is 78.9 Å². The normalized spacial score (nSPS) is 10.8. The summed E-state index contributed by atoms with van der Waals surface area (Å²) in [7, 11) is 0. The number of rotatable bonds is 7. The first-order valence-corrected chi connectivity index (χ1v) is 10.3. The Labute approximate surface area is 186 Å². The first-order valence-electron chi connectivity index (χ1n) is 9.97. The lowest BCUT2D eigenvalue weighted by molar-refractivity contribution is 0.0697. The van der Waals surface area contributed by atoms with E-state index in [1.165, 1.54) is 0 Å². The predicted octanol–water partition coefficient (Wildman–Crippen LogP) is 6.69. The molecular formula is C26H22ClNO3. The molecule has 5 heteroatoms. The van der Waals surface area contributed by atoms with Gasteiger partial charge in [-0.2, -0.15) is 0 Å². The number of aromatic carboxylic acids is 1. The molecule has 0 bridgehead atoms. The highest BCUT2D eigenvalue weighted by Gasteiger charge is 2.11. The van der Waals surface area contributed by atoms with Gasteiger partial charge in [-0.15, -0.1) is 0 Å². The molecule has 4 rings (SSSR count). The summed E-state index contributed by atoms with van der Waals surface area (Å²) in [5.41, 5.74) is 4.08. The Morgan fingerprint density at radius 2 is 1.84 bits per heavy atom. The fraction of sp³-hybridized carbons (Fsp3) is 0.115. The van der Waals surface area contributed by atoms with E-state index in [-0.39, 0.29) is 5.56 Å². The van der Waals surface area contributed by atoms with E-state index in [1.807, 2.05) is 49.4 Å². The highest BCUT2D eigenvalue weighted by atomic mass is 35.5. The molecule has 31 heavy (non-hydrogen) atoms. The zero-order valence-electron chi connectivity index (χ0n) is 17.1. The van der Waals surface area contributed by atoms with Crippen molar-refractivity contribution in [1.82, 2.24) is 0 Å².